The average molecular weight is 188 g/mol. The zero-order chi connectivity index (χ0) is 10.3. The third kappa shape index (κ3) is 4.76. The van der Waals surface area contributed by atoms with Gasteiger partial charge in [0.1, 0.15) is 6.10 Å². The van der Waals surface area contributed by atoms with Gasteiger partial charge in [-0.05, 0) is 32.6 Å². The molecule has 0 saturated carbocycles. The highest BCUT2D eigenvalue weighted by Crippen LogP contribution is 2.16. The van der Waals surface area contributed by atoms with Crippen molar-refractivity contribution in [2.24, 2.45) is 5.92 Å². The maximum atomic E-state index is 10.9. The van der Waals surface area contributed by atoms with Gasteiger partial charge in [0.2, 0.25) is 0 Å². The van der Waals surface area contributed by atoms with Crippen LogP contribution in [0.2, 0.25) is 0 Å². The van der Waals surface area contributed by atoms with Gasteiger partial charge in [0.25, 0.3) is 0 Å². The van der Waals surface area contributed by atoms with Crippen LogP contribution in [0, 0.1) is 5.92 Å². The van der Waals surface area contributed by atoms with E-state index in [4.69, 9.17) is 9.47 Å². The van der Waals surface area contributed by atoms with E-state index in [1.165, 1.54) is 0 Å². The minimum Gasteiger partial charge on any atom is -0.435 e. The van der Waals surface area contributed by atoms with E-state index in [9.17, 15) is 4.79 Å². The first-order chi connectivity index (χ1) is 6.15. The van der Waals surface area contributed by atoms with Crippen molar-refractivity contribution in [1.29, 1.82) is 0 Å². The lowest BCUT2D eigenvalue weighted by Crippen LogP contribution is -2.23. The molecule has 0 aliphatic heterocycles. The standard InChI is InChI=1S/C10H20O3/c1-5-9(6-2)8(4)13-10(11)12-7-3/h8-9H,5-7H2,1-4H3. The van der Waals surface area contributed by atoms with Crippen molar-refractivity contribution in [3.63, 3.8) is 0 Å². The molecule has 13 heavy (non-hydrogen) atoms. The SMILES string of the molecule is CCOC(=O)OC(C)C(CC)CC. The summed E-state index contributed by atoms with van der Waals surface area (Å²) in [7, 11) is 0. The Kier molecular flexibility index (Phi) is 6.37. The maximum absolute atomic E-state index is 10.9. The van der Waals surface area contributed by atoms with Crippen molar-refractivity contribution in [1.82, 2.24) is 0 Å². The third-order valence-corrected chi connectivity index (χ3v) is 2.26. The summed E-state index contributed by atoms with van der Waals surface area (Å²) in [4.78, 5) is 10.9. The van der Waals surface area contributed by atoms with E-state index in [0.29, 0.717) is 12.5 Å². The number of hydrogen-bond donors (Lipinski definition) is 0. The van der Waals surface area contributed by atoms with Crippen LogP contribution in [0.3, 0.4) is 0 Å². The van der Waals surface area contributed by atoms with Gasteiger partial charge in [0.15, 0.2) is 0 Å². The van der Waals surface area contributed by atoms with E-state index < -0.39 is 6.16 Å². The summed E-state index contributed by atoms with van der Waals surface area (Å²) < 4.78 is 9.76. The van der Waals surface area contributed by atoms with Crippen LogP contribution in [-0.2, 0) is 9.47 Å². The molecule has 0 saturated heterocycles. The highest BCUT2D eigenvalue weighted by atomic mass is 16.7. The first kappa shape index (κ1) is 12.3. The number of rotatable bonds is 5. The summed E-state index contributed by atoms with van der Waals surface area (Å²) in [5.41, 5.74) is 0. The van der Waals surface area contributed by atoms with Gasteiger partial charge in [0, 0.05) is 0 Å². The molecule has 1 atom stereocenters. The van der Waals surface area contributed by atoms with E-state index >= 15 is 0 Å². The van der Waals surface area contributed by atoms with Gasteiger partial charge >= 0.3 is 6.16 Å². The fourth-order valence-electron chi connectivity index (χ4n) is 1.35. The molecule has 3 heteroatoms. The summed E-state index contributed by atoms with van der Waals surface area (Å²) in [5.74, 6) is 0.435. The zero-order valence-corrected chi connectivity index (χ0v) is 9.00. The predicted octanol–water partition coefficient (Wildman–Crippen LogP) is 2.98. The van der Waals surface area contributed by atoms with Gasteiger partial charge in [-0.25, -0.2) is 4.79 Å². The summed E-state index contributed by atoms with van der Waals surface area (Å²) in [6, 6.07) is 0. The summed E-state index contributed by atoms with van der Waals surface area (Å²) >= 11 is 0. The van der Waals surface area contributed by atoms with Crippen molar-refractivity contribution in [3.8, 4) is 0 Å². The molecular weight excluding hydrogens is 168 g/mol. The minimum atomic E-state index is -0.554. The topological polar surface area (TPSA) is 35.5 Å². The van der Waals surface area contributed by atoms with Crippen molar-refractivity contribution in [2.75, 3.05) is 6.61 Å². The Balaban J connectivity index is 3.82. The predicted molar refractivity (Wildman–Crippen MR) is 51.6 cm³/mol. The molecule has 0 N–H and O–H groups in total. The third-order valence-electron chi connectivity index (χ3n) is 2.26. The second-order valence-electron chi connectivity index (χ2n) is 3.08. The van der Waals surface area contributed by atoms with Crippen molar-refractivity contribution < 1.29 is 14.3 Å². The van der Waals surface area contributed by atoms with Gasteiger partial charge in [-0.2, -0.15) is 0 Å². The van der Waals surface area contributed by atoms with E-state index in [0.717, 1.165) is 12.8 Å². The van der Waals surface area contributed by atoms with Crippen LogP contribution in [0.4, 0.5) is 4.79 Å². The Hall–Kier alpha value is -0.730. The molecule has 0 spiro atoms. The summed E-state index contributed by atoms with van der Waals surface area (Å²) in [6.07, 6.45) is 1.45. The number of carbonyl (C=O) groups is 1. The number of ether oxygens (including phenoxy) is 2. The molecule has 0 heterocycles. The van der Waals surface area contributed by atoms with E-state index in [1.807, 2.05) is 6.92 Å². The molecule has 0 aromatic heterocycles. The highest BCUT2D eigenvalue weighted by molar-refractivity contribution is 5.60. The second-order valence-corrected chi connectivity index (χ2v) is 3.08. The zero-order valence-electron chi connectivity index (χ0n) is 9.00. The summed E-state index contributed by atoms with van der Waals surface area (Å²) in [6.45, 7) is 8.24. The van der Waals surface area contributed by atoms with Crippen LogP contribution in [0.15, 0.2) is 0 Å². The van der Waals surface area contributed by atoms with Gasteiger partial charge in [-0.15, -0.1) is 0 Å². The Morgan fingerprint density at radius 1 is 1.23 bits per heavy atom. The molecule has 0 amide bonds. The molecule has 0 aliphatic carbocycles. The fraction of sp³-hybridized carbons (Fsp3) is 0.900. The molecule has 0 aliphatic rings. The number of carbonyl (C=O) groups excluding carboxylic acids is 1. The van der Waals surface area contributed by atoms with Crippen LogP contribution in [0.5, 0.6) is 0 Å². The molecular formula is C10H20O3. The molecule has 0 bridgehead atoms. The van der Waals surface area contributed by atoms with E-state index in [-0.39, 0.29) is 6.10 Å². The Morgan fingerprint density at radius 3 is 2.15 bits per heavy atom. The van der Waals surface area contributed by atoms with E-state index in [1.54, 1.807) is 6.92 Å². The lowest BCUT2D eigenvalue weighted by molar-refractivity contribution is 0.0104. The minimum absolute atomic E-state index is 0.0472. The highest BCUT2D eigenvalue weighted by Gasteiger charge is 2.17. The Morgan fingerprint density at radius 2 is 1.77 bits per heavy atom. The smallest absolute Gasteiger partial charge is 0.435 e. The van der Waals surface area contributed by atoms with Crippen LogP contribution >= 0.6 is 0 Å². The molecule has 0 aromatic carbocycles. The molecule has 78 valence electrons. The van der Waals surface area contributed by atoms with Gasteiger partial charge < -0.3 is 9.47 Å². The van der Waals surface area contributed by atoms with Crippen LogP contribution in [-0.4, -0.2) is 18.9 Å². The van der Waals surface area contributed by atoms with Gasteiger partial charge in [-0.3, -0.25) is 0 Å². The lowest BCUT2D eigenvalue weighted by Gasteiger charge is -2.20. The molecule has 0 rings (SSSR count). The molecule has 0 aromatic rings. The largest absolute Gasteiger partial charge is 0.508 e. The summed E-state index contributed by atoms with van der Waals surface area (Å²) in [5, 5.41) is 0. The van der Waals surface area contributed by atoms with Gasteiger partial charge in [-0.1, -0.05) is 13.8 Å². The molecule has 1 unspecified atom stereocenters. The molecule has 0 radical (unpaired) electrons. The van der Waals surface area contributed by atoms with Crippen molar-refractivity contribution in [3.05, 3.63) is 0 Å². The van der Waals surface area contributed by atoms with Crippen LogP contribution < -0.4 is 0 Å². The second kappa shape index (κ2) is 6.75. The monoisotopic (exact) mass is 188 g/mol. The molecule has 3 nitrogen and oxygen atoms in total. The van der Waals surface area contributed by atoms with Crippen molar-refractivity contribution >= 4 is 6.16 Å². The van der Waals surface area contributed by atoms with Crippen LogP contribution in [0.25, 0.3) is 0 Å². The quantitative estimate of drug-likeness (QED) is 0.622. The number of hydrogen-bond acceptors (Lipinski definition) is 3. The Bertz CT molecular complexity index is 141. The van der Waals surface area contributed by atoms with E-state index in [2.05, 4.69) is 13.8 Å². The van der Waals surface area contributed by atoms with Crippen molar-refractivity contribution in [2.45, 2.75) is 46.6 Å². The lowest BCUT2D eigenvalue weighted by atomic mass is 9.98. The van der Waals surface area contributed by atoms with Gasteiger partial charge in [0.05, 0.1) is 6.61 Å². The fourth-order valence-corrected chi connectivity index (χ4v) is 1.35. The molecule has 0 fully saturated rings. The normalized spacial score (nSPS) is 12.7. The Labute approximate surface area is 80.4 Å². The average Bonchev–Trinajstić information content (AvgIpc) is 2.06. The first-order valence-electron chi connectivity index (χ1n) is 4.99. The first-order valence-corrected chi connectivity index (χ1v) is 4.99. The maximum Gasteiger partial charge on any atom is 0.508 e. The van der Waals surface area contributed by atoms with Crippen LogP contribution in [0.1, 0.15) is 40.5 Å².